The van der Waals surface area contributed by atoms with E-state index >= 15 is 0 Å². The van der Waals surface area contributed by atoms with Crippen molar-refractivity contribution in [2.75, 3.05) is 13.2 Å². The third-order valence-electron chi connectivity index (χ3n) is 1.88. The molecule has 0 spiro atoms. The molecule has 0 radical (unpaired) electrons. The van der Waals surface area contributed by atoms with Crippen molar-refractivity contribution in [3.63, 3.8) is 0 Å². The number of Topliss-reactive ketones (excluding diaryl/α,β-unsaturated/α-hetero) is 1. The summed E-state index contributed by atoms with van der Waals surface area (Å²) in [6.07, 6.45) is 0.986. The Balaban J connectivity index is 2.63. The van der Waals surface area contributed by atoms with Gasteiger partial charge in [-0.25, -0.2) is 0 Å². The van der Waals surface area contributed by atoms with Crippen LogP contribution in [0.5, 0.6) is 5.75 Å². The van der Waals surface area contributed by atoms with Crippen LogP contribution in [0.4, 0.5) is 0 Å². The molecule has 0 bridgehead atoms. The van der Waals surface area contributed by atoms with Gasteiger partial charge in [-0.3, -0.25) is 4.79 Å². The van der Waals surface area contributed by atoms with Crippen LogP contribution in [0.25, 0.3) is 0 Å². The Morgan fingerprint density at radius 1 is 1.36 bits per heavy atom. The Morgan fingerprint density at radius 2 is 2.00 bits per heavy atom. The molecule has 0 aliphatic heterocycles. The van der Waals surface area contributed by atoms with Crippen molar-refractivity contribution < 1.29 is 15.3 Å². The van der Waals surface area contributed by atoms with E-state index in [0.29, 0.717) is 18.7 Å². The SMILES string of the molecule is CCCOc1ccc(C(=O)C[NH3+])cc1. The number of quaternary nitrogens is 1. The van der Waals surface area contributed by atoms with Crippen molar-refractivity contribution in [3.05, 3.63) is 29.8 Å². The predicted octanol–water partition coefficient (Wildman–Crippen LogP) is 0.900. The van der Waals surface area contributed by atoms with E-state index in [4.69, 9.17) is 4.74 Å². The number of ether oxygens (including phenoxy) is 1. The molecule has 14 heavy (non-hydrogen) atoms. The minimum Gasteiger partial charge on any atom is -0.494 e. The van der Waals surface area contributed by atoms with E-state index in [1.54, 1.807) is 12.1 Å². The highest BCUT2D eigenvalue weighted by atomic mass is 16.5. The van der Waals surface area contributed by atoms with E-state index in [1.165, 1.54) is 0 Å². The molecular weight excluding hydrogens is 178 g/mol. The molecule has 0 heterocycles. The molecule has 76 valence electrons. The average Bonchev–Trinajstić information content (AvgIpc) is 2.26. The summed E-state index contributed by atoms with van der Waals surface area (Å²) in [6.45, 7) is 3.07. The minimum atomic E-state index is 0.0621. The normalized spacial score (nSPS) is 9.86. The fourth-order valence-electron chi connectivity index (χ4n) is 1.10. The Morgan fingerprint density at radius 3 is 2.50 bits per heavy atom. The van der Waals surface area contributed by atoms with Crippen LogP contribution in [-0.2, 0) is 0 Å². The summed E-state index contributed by atoms with van der Waals surface area (Å²) < 4.78 is 5.40. The van der Waals surface area contributed by atoms with Crippen LogP contribution in [0.1, 0.15) is 23.7 Å². The number of hydrogen-bond acceptors (Lipinski definition) is 2. The lowest BCUT2D eigenvalue weighted by molar-refractivity contribution is -0.349. The van der Waals surface area contributed by atoms with Crippen molar-refractivity contribution in [2.24, 2.45) is 0 Å². The first-order valence-corrected chi connectivity index (χ1v) is 4.83. The van der Waals surface area contributed by atoms with Crippen LogP contribution in [-0.4, -0.2) is 18.9 Å². The number of ketones is 1. The molecule has 3 heteroatoms. The van der Waals surface area contributed by atoms with E-state index in [-0.39, 0.29) is 5.78 Å². The summed E-state index contributed by atoms with van der Waals surface area (Å²) in [5.41, 5.74) is 4.25. The van der Waals surface area contributed by atoms with Gasteiger partial charge in [0, 0.05) is 5.56 Å². The second-order valence-corrected chi connectivity index (χ2v) is 3.05. The first-order valence-electron chi connectivity index (χ1n) is 4.83. The molecule has 1 aromatic rings. The van der Waals surface area contributed by atoms with Crippen molar-refractivity contribution >= 4 is 5.78 Å². The Bertz CT molecular complexity index is 293. The quantitative estimate of drug-likeness (QED) is 0.708. The minimum absolute atomic E-state index is 0.0621. The molecule has 1 aromatic carbocycles. The van der Waals surface area contributed by atoms with Gasteiger partial charge in [0.1, 0.15) is 12.3 Å². The molecule has 0 unspecified atom stereocenters. The van der Waals surface area contributed by atoms with E-state index in [1.807, 2.05) is 12.1 Å². The maximum atomic E-state index is 11.2. The van der Waals surface area contributed by atoms with Gasteiger partial charge in [0.15, 0.2) is 0 Å². The molecule has 0 atom stereocenters. The maximum Gasteiger partial charge on any atom is 0.216 e. The van der Waals surface area contributed by atoms with E-state index in [9.17, 15) is 4.79 Å². The fourth-order valence-corrected chi connectivity index (χ4v) is 1.10. The second kappa shape index (κ2) is 5.40. The van der Waals surface area contributed by atoms with Gasteiger partial charge in [0.2, 0.25) is 5.78 Å². The van der Waals surface area contributed by atoms with Crippen molar-refractivity contribution in [1.29, 1.82) is 0 Å². The van der Waals surface area contributed by atoms with E-state index < -0.39 is 0 Å². The number of carbonyl (C=O) groups excluding carboxylic acids is 1. The third-order valence-corrected chi connectivity index (χ3v) is 1.88. The van der Waals surface area contributed by atoms with Crippen molar-refractivity contribution in [3.8, 4) is 5.75 Å². The summed E-state index contributed by atoms with van der Waals surface area (Å²) in [6, 6.07) is 7.19. The highest BCUT2D eigenvalue weighted by Crippen LogP contribution is 2.12. The summed E-state index contributed by atoms with van der Waals surface area (Å²) in [7, 11) is 0. The van der Waals surface area contributed by atoms with Gasteiger partial charge in [-0.1, -0.05) is 6.92 Å². The van der Waals surface area contributed by atoms with Gasteiger partial charge >= 0.3 is 0 Å². The lowest BCUT2D eigenvalue weighted by atomic mass is 10.1. The number of rotatable bonds is 5. The zero-order chi connectivity index (χ0) is 10.4. The number of carbonyl (C=O) groups is 1. The predicted molar refractivity (Wildman–Crippen MR) is 54.3 cm³/mol. The highest BCUT2D eigenvalue weighted by Gasteiger charge is 2.04. The standard InChI is InChI=1S/C11H15NO2/c1-2-7-14-10-5-3-9(4-6-10)11(13)8-12/h3-6H,2,7-8,12H2,1H3/p+1. The fraction of sp³-hybridized carbons (Fsp3) is 0.364. The second-order valence-electron chi connectivity index (χ2n) is 3.05. The van der Waals surface area contributed by atoms with Gasteiger partial charge in [0.25, 0.3) is 0 Å². The van der Waals surface area contributed by atoms with Crippen LogP contribution < -0.4 is 10.5 Å². The largest absolute Gasteiger partial charge is 0.494 e. The summed E-state index contributed by atoms with van der Waals surface area (Å²) in [4.78, 5) is 11.2. The maximum absolute atomic E-state index is 11.2. The first-order chi connectivity index (χ1) is 6.77. The van der Waals surface area contributed by atoms with Gasteiger partial charge in [-0.2, -0.15) is 0 Å². The molecule has 3 N–H and O–H groups in total. The van der Waals surface area contributed by atoms with E-state index in [2.05, 4.69) is 12.7 Å². The Kier molecular flexibility index (Phi) is 4.13. The smallest absolute Gasteiger partial charge is 0.216 e. The summed E-state index contributed by atoms with van der Waals surface area (Å²) in [5.74, 6) is 0.875. The van der Waals surface area contributed by atoms with Crippen LogP contribution in [0.3, 0.4) is 0 Å². The summed E-state index contributed by atoms with van der Waals surface area (Å²) in [5, 5.41) is 0. The molecule has 0 fully saturated rings. The molecule has 0 aliphatic carbocycles. The van der Waals surface area contributed by atoms with Crippen molar-refractivity contribution in [2.45, 2.75) is 13.3 Å². The van der Waals surface area contributed by atoms with Crippen LogP contribution in [0, 0.1) is 0 Å². The van der Waals surface area contributed by atoms with Crippen LogP contribution in [0.15, 0.2) is 24.3 Å². The molecule has 1 rings (SSSR count). The molecular formula is C11H16NO2+. The van der Waals surface area contributed by atoms with Gasteiger partial charge in [-0.05, 0) is 30.7 Å². The van der Waals surface area contributed by atoms with Gasteiger partial charge in [0.05, 0.1) is 6.61 Å². The van der Waals surface area contributed by atoms with E-state index in [0.717, 1.165) is 12.2 Å². The number of hydrogen-bond donors (Lipinski definition) is 1. The zero-order valence-electron chi connectivity index (χ0n) is 8.45. The molecule has 3 nitrogen and oxygen atoms in total. The third kappa shape index (κ3) is 2.85. The molecule has 0 saturated carbocycles. The van der Waals surface area contributed by atoms with Gasteiger partial charge in [-0.15, -0.1) is 0 Å². The lowest BCUT2D eigenvalue weighted by Crippen LogP contribution is -2.54. The molecule has 0 aliphatic rings. The molecule has 0 aromatic heterocycles. The molecule has 0 amide bonds. The van der Waals surface area contributed by atoms with Gasteiger partial charge < -0.3 is 10.5 Å². The summed E-state index contributed by atoms with van der Waals surface area (Å²) >= 11 is 0. The topological polar surface area (TPSA) is 53.9 Å². The Hall–Kier alpha value is -1.35. The monoisotopic (exact) mass is 194 g/mol. The lowest BCUT2D eigenvalue weighted by Gasteiger charge is -2.04. The first kappa shape index (κ1) is 10.7. The highest BCUT2D eigenvalue weighted by molar-refractivity contribution is 5.96. The average molecular weight is 194 g/mol. The van der Waals surface area contributed by atoms with Crippen LogP contribution >= 0.6 is 0 Å². The zero-order valence-corrected chi connectivity index (χ0v) is 8.45. The number of benzene rings is 1. The van der Waals surface area contributed by atoms with Crippen LogP contribution in [0.2, 0.25) is 0 Å². The van der Waals surface area contributed by atoms with Crippen molar-refractivity contribution in [1.82, 2.24) is 0 Å². The molecule has 0 saturated heterocycles. The Labute approximate surface area is 83.9 Å².